The fourth-order valence-electron chi connectivity index (χ4n) is 1.48. The molecule has 2 nitrogen and oxygen atoms in total. The minimum atomic E-state index is 0.603. The van der Waals surface area contributed by atoms with Crippen LogP contribution in [-0.4, -0.2) is 0 Å². The van der Waals surface area contributed by atoms with E-state index in [1.54, 1.807) is 23.9 Å². The molecule has 0 aliphatic carbocycles. The summed E-state index contributed by atoms with van der Waals surface area (Å²) in [4.78, 5) is 1.02. The zero-order valence-electron chi connectivity index (χ0n) is 9.26. The molecule has 0 radical (unpaired) electrons. The number of hydrogen-bond acceptors (Lipinski definition) is 3. The number of hydrogen-bond donors (Lipinski definition) is 1. The third-order valence-corrected chi connectivity index (χ3v) is 3.54. The van der Waals surface area contributed by atoms with Crippen LogP contribution in [0.15, 0.2) is 53.4 Å². The maximum atomic E-state index is 8.75. The SMILES string of the molecule is N#Cc1ccc(SCc2ccccc2)c(N)c1. The van der Waals surface area contributed by atoms with E-state index in [-0.39, 0.29) is 0 Å². The van der Waals surface area contributed by atoms with Crippen molar-refractivity contribution in [2.75, 3.05) is 5.73 Å². The third-order valence-electron chi connectivity index (χ3n) is 2.38. The molecule has 0 amide bonds. The molecule has 3 heteroatoms. The average Bonchev–Trinajstić information content (AvgIpc) is 2.38. The smallest absolute Gasteiger partial charge is 0.0992 e. The summed E-state index contributed by atoms with van der Waals surface area (Å²) in [6, 6.07) is 17.7. The van der Waals surface area contributed by atoms with E-state index < -0.39 is 0 Å². The van der Waals surface area contributed by atoms with Crippen molar-refractivity contribution in [3.05, 3.63) is 59.7 Å². The summed E-state index contributed by atoms with van der Waals surface area (Å²) in [5.74, 6) is 0.886. The van der Waals surface area contributed by atoms with Crippen molar-refractivity contribution in [2.45, 2.75) is 10.6 Å². The van der Waals surface area contributed by atoms with Crippen LogP contribution in [-0.2, 0) is 5.75 Å². The van der Waals surface area contributed by atoms with E-state index in [4.69, 9.17) is 11.0 Å². The summed E-state index contributed by atoms with van der Waals surface area (Å²) in [7, 11) is 0. The Morgan fingerprint density at radius 1 is 1.12 bits per heavy atom. The number of thioether (sulfide) groups is 1. The number of nitrogen functional groups attached to an aromatic ring is 1. The molecule has 2 N–H and O–H groups in total. The lowest BCUT2D eigenvalue weighted by Gasteiger charge is -2.05. The summed E-state index contributed by atoms with van der Waals surface area (Å²) >= 11 is 1.68. The van der Waals surface area contributed by atoms with Crippen LogP contribution in [0.25, 0.3) is 0 Å². The first kappa shape index (κ1) is 11.6. The molecule has 0 atom stereocenters. The van der Waals surface area contributed by atoms with E-state index in [0.717, 1.165) is 10.6 Å². The average molecular weight is 240 g/mol. The van der Waals surface area contributed by atoms with E-state index in [1.807, 2.05) is 24.3 Å². The number of benzene rings is 2. The molecule has 0 saturated carbocycles. The zero-order chi connectivity index (χ0) is 12.1. The lowest BCUT2D eigenvalue weighted by Crippen LogP contribution is -1.90. The Kier molecular flexibility index (Phi) is 3.69. The van der Waals surface area contributed by atoms with Gasteiger partial charge in [-0.1, -0.05) is 30.3 Å². The predicted octanol–water partition coefficient (Wildman–Crippen LogP) is 3.43. The molecule has 0 aromatic heterocycles. The van der Waals surface area contributed by atoms with Crippen LogP contribution in [0, 0.1) is 11.3 Å². The lowest BCUT2D eigenvalue weighted by atomic mass is 10.2. The highest BCUT2D eigenvalue weighted by Crippen LogP contribution is 2.28. The zero-order valence-corrected chi connectivity index (χ0v) is 10.1. The molecule has 0 spiro atoms. The fourth-order valence-corrected chi connectivity index (χ4v) is 2.39. The molecular formula is C14H12N2S. The Hall–Kier alpha value is -1.92. The van der Waals surface area contributed by atoms with Crippen molar-refractivity contribution >= 4 is 17.4 Å². The molecule has 2 aromatic rings. The van der Waals surface area contributed by atoms with Crippen LogP contribution in [0.1, 0.15) is 11.1 Å². The van der Waals surface area contributed by atoms with Gasteiger partial charge in [0, 0.05) is 16.3 Å². The van der Waals surface area contributed by atoms with Crippen LogP contribution < -0.4 is 5.73 Å². The van der Waals surface area contributed by atoms with Crippen LogP contribution in [0.5, 0.6) is 0 Å². The second kappa shape index (κ2) is 5.42. The number of nitriles is 1. The maximum absolute atomic E-state index is 8.75. The Morgan fingerprint density at radius 3 is 2.53 bits per heavy atom. The van der Waals surface area contributed by atoms with Crippen molar-refractivity contribution in [2.24, 2.45) is 0 Å². The van der Waals surface area contributed by atoms with Gasteiger partial charge < -0.3 is 5.73 Å². The predicted molar refractivity (Wildman–Crippen MR) is 71.6 cm³/mol. The highest BCUT2D eigenvalue weighted by Gasteiger charge is 2.02. The van der Waals surface area contributed by atoms with E-state index >= 15 is 0 Å². The Balaban J connectivity index is 2.08. The van der Waals surface area contributed by atoms with Crippen LogP contribution >= 0.6 is 11.8 Å². The van der Waals surface area contributed by atoms with Gasteiger partial charge in [0.2, 0.25) is 0 Å². The van der Waals surface area contributed by atoms with Gasteiger partial charge in [0.15, 0.2) is 0 Å². The summed E-state index contributed by atoms with van der Waals surface area (Å²) in [6.07, 6.45) is 0. The van der Waals surface area contributed by atoms with Gasteiger partial charge in [-0.2, -0.15) is 5.26 Å². The van der Waals surface area contributed by atoms with Gasteiger partial charge in [-0.05, 0) is 23.8 Å². The van der Waals surface area contributed by atoms with Crippen molar-refractivity contribution in [1.82, 2.24) is 0 Å². The van der Waals surface area contributed by atoms with Gasteiger partial charge in [0.1, 0.15) is 0 Å². The molecule has 2 rings (SSSR count). The molecule has 0 fully saturated rings. The molecule has 0 aliphatic rings. The second-order valence-corrected chi connectivity index (χ2v) is 4.66. The largest absolute Gasteiger partial charge is 0.398 e. The quantitative estimate of drug-likeness (QED) is 0.660. The molecule has 17 heavy (non-hydrogen) atoms. The standard InChI is InChI=1S/C14H12N2S/c15-9-12-6-7-14(13(16)8-12)17-10-11-4-2-1-3-5-11/h1-8H,10,16H2. The highest BCUT2D eigenvalue weighted by atomic mass is 32.2. The van der Waals surface area contributed by atoms with E-state index in [0.29, 0.717) is 11.3 Å². The molecule has 0 saturated heterocycles. The first-order chi connectivity index (χ1) is 8.29. The number of anilines is 1. The Morgan fingerprint density at radius 2 is 1.88 bits per heavy atom. The number of nitrogens with zero attached hydrogens (tertiary/aromatic N) is 1. The van der Waals surface area contributed by atoms with Gasteiger partial charge in [-0.25, -0.2) is 0 Å². The monoisotopic (exact) mass is 240 g/mol. The molecule has 84 valence electrons. The first-order valence-electron chi connectivity index (χ1n) is 5.26. The highest BCUT2D eigenvalue weighted by molar-refractivity contribution is 7.98. The normalized spacial score (nSPS) is 9.82. The second-order valence-electron chi connectivity index (χ2n) is 3.64. The Labute approximate surface area is 105 Å². The first-order valence-corrected chi connectivity index (χ1v) is 6.24. The maximum Gasteiger partial charge on any atom is 0.0992 e. The minimum absolute atomic E-state index is 0.603. The molecule has 2 aromatic carbocycles. The molecular weight excluding hydrogens is 228 g/mol. The third kappa shape index (κ3) is 3.02. The lowest BCUT2D eigenvalue weighted by molar-refractivity contribution is 1.37. The van der Waals surface area contributed by atoms with E-state index in [2.05, 4.69) is 18.2 Å². The molecule has 0 heterocycles. The van der Waals surface area contributed by atoms with Crippen molar-refractivity contribution in [3.63, 3.8) is 0 Å². The van der Waals surface area contributed by atoms with Gasteiger partial charge in [-0.3, -0.25) is 0 Å². The number of nitrogens with two attached hydrogens (primary N) is 1. The van der Waals surface area contributed by atoms with Gasteiger partial charge in [0.05, 0.1) is 11.6 Å². The minimum Gasteiger partial charge on any atom is -0.398 e. The fraction of sp³-hybridized carbons (Fsp3) is 0.0714. The van der Waals surface area contributed by atoms with Gasteiger partial charge >= 0.3 is 0 Å². The van der Waals surface area contributed by atoms with E-state index in [1.165, 1.54) is 5.56 Å². The Bertz CT molecular complexity index is 544. The molecule has 0 unspecified atom stereocenters. The van der Waals surface area contributed by atoms with Crippen molar-refractivity contribution in [1.29, 1.82) is 5.26 Å². The number of rotatable bonds is 3. The summed E-state index contributed by atoms with van der Waals surface area (Å²) < 4.78 is 0. The van der Waals surface area contributed by atoms with Crippen molar-refractivity contribution < 1.29 is 0 Å². The topological polar surface area (TPSA) is 49.8 Å². The summed E-state index contributed by atoms with van der Waals surface area (Å²) in [5, 5.41) is 8.75. The molecule has 0 aliphatic heterocycles. The van der Waals surface area contributed by atoms with Gasteiger partial charge in [-0.15, -0.1) is 11.8 Å². The van der Waals surface area contributed by atoms with Crippen LogP contribution in [0.3, 0.4) is 0 Å². The van der Waals surface area contributed by atoms with Crippen LogP contribution in [0.4, 0.5) is 5.69 Å². The van der Waals surface area contributed by atoms with Crippen molar-refractivity contribution in [3.8, 4) is 6.07 Å². The van der Waals surface area contributed by atoms with Crippen LogP contribution in [0.2, 0.25) is 0 Å². The summed E-state index contributed by atoms with van der Waals surface area (Å²) in [6.45, 7) is 0. The van der Waals surface area contributed by atoms with Gasteiger partial charge in [0.25, 0.3) is 0 Å². The summed E-state index contributed by atoms with van der Waals surface area (Å²) in [5.41, 5.74) is 8.43. The van der Waals surface area contributed by atoms with E-state index in [9.17, 15) is 0 Å². The molecule has 0 bridgehead atoms.